The fraction of sp³-hybridized carbons (Fsp3) is 0.167. The number of hydrogen-bond acceptors (Lipinski definition) is 3. The molecule has 1 saturated heterocycles. The maximum absolute atomic E-state index is 13.6. The summed E-state index contributed by atoms with van der Waals surface area (Å²) in [7, 11) is 0. The van der Waals surface area contributed by atoms with E-state index in [4.69, 9.17) is 16.7 Å². The Bertz CT molecular complexity index is 1200. The second kappa shape index (κ2) is 7.84. The van der Waals surface area contributed by atoms with Crippen molar-refractivity contribution in [3.05, 3.63) is 89.6 Å². The number of rotatable bonds is 3. The fourth-order valence-electron chi connectivity index (χ4n) is 3.99. The fourth-order valence-corrected chi connectivity index (χ4v) is 4.17. The van der Waals surface area contributed by atoms with Crippen LogP contribution in [0.1, 0.15) is 10.5 Å². The molecule has 1 aromatic heterocycles. The molecule has 0 unspecified atom stereocenters. The van der Waals surface area contributed by atoms with Gasteiger partial charge in [0.1, 0.15) is 5.69 Å². The Kier molecular flexibility index (Phi) is 4.89. The molecule has 0 aliphatic carbocycles. The van der Waals surface area contributed by atoms with Gasteiger partial charge in [-0.15, -0.1) is 0 Å². The molecule has 5 nitrogen and oxygen atoms in total. The van der Waals surface area contributed by atoms with Crippen LogP contribution < -0.4 is 4.90 Å². The van der Waals surface area contributed by atoms with E-state index in [9.17, 15) is 4.79 Å². The summed E-state index contributed by atoms with van der Waals surface area (Å²) in [4.78, 5) is 17.8. The van der Waals surface area contributed by atoms with Crippen LogP contribution in [0.3, 0.4) is 0 Å². The summed E-state index contributed by atoms with van der Waals surface area (Å²) in [6, 6.07) is 25.5. The third-order valence-corrected chi connectivity index (χ3v) is 5.76. The highest BCUT2D eigenvalue weighted by Gasteiger charge is 2.27. The van der Waals surface area contributed by atoms with Gasteiger partial charge in [-0.1, -0.05) is 54.1 Å². The number of anilines is 1. The Morgan fingerprint density at radius 2 is 1.50 bits per heavy atom. The molecule has 3 aromatic carbocycles. The van der Waals surface area contributed by atoms with E-state index < -0.39 is 0 Å². The van der Waals surface area contributed by atoms with Crippen molar-refractivity contribution in [2.45, 2.75) is 0 Å². The number of halogens is 1. The summed E-state index contributed by atoms with van der Waals surface area (Å²) in [6.45, 7) is 2.84. The highest BCUT2D eigenvalue weighted by Crippen LogP contribution is 2.25. The van der Waals surface area contributed by atoms with Gasteiger partial charge in [-0.3, -0.25) is 4.79 Å². The van der Waals surface area contributed by atoms with Gasteiger partial charge in [0, 0.05) is 42.3 Å². The van der Waals surface area contributed by atoms with E-state index in [-0.39, 0.29) is 5.91 Å². The van der Waals surface area contributed by atoms with E-state index in [2.05, 4.69) is 11.0 Å². The van der Waals surface area contributed by atoms with Crippen molar-refractivity contribution in [3.63, 3.8) is 0 Å². The van der Waals surface area contributed by atoms with Crippen LogP contribution in [0, 0.1) is 0 Å². The van der Waals surface area contributed by atoms with E-state index in [1.807, 2.05) is 77.7 Å². The van der Waals surface area contributed by atoms with Crippen molar-refractivity contribution in [2.75, 3.05) is 31.1 Å². The van der Waals surface area contributed by atoms with Crippen molar-refractivity contribution in [3.8, 4) is 5.69 Å². The van der Waals surface area contributed by atoms with Crippen molar-refractivity contribution in [2.24, 2.45) is 0 Å². The van der Waals surface area contributed by atoms with Crippen molar-refractivity contribution >= 4 is 34.1 Å². The molecule has 0 radical (unpaired) electrons. The molecule has 150 valence electrons. The molecule has 1 fully saturated rings. The van der Waals surface area contributed by atoms with Gasteiger partial charge >= 0.3 is 0 Å². The van der Waals surface area contributed by atoms with Gasteiger partial charge in [-0.2, -0.15) is 5.10 Å². The predicted octanol–water partition coefficient (Wildman–Crippen LogP) is 4.64. The summed E-state index contributed by atoms with van der Waals surface area (Å²) >= 11 is 6.14. The highest BCUT2D eigenvalue weighted by molar-refractivity contribution is 6.30. The smallest absolute Gasteiger partial charge is 0.273 e. The minimum Gasteiger partial charge on any atom is -0.368 e. The van der Waals surface area contributed by atoms with Crippen LogP contribution in [-0.2, 0) is 0 Å². The molecule has 30 heavy (non-hydrogen) atoms. The Balaban J connectivity index is 1.44. The molecule has 4 aromatic rings. The number of amides is 1. The lowest BCUT2D eigenvalue weighted by atomic mass is 10.1. The number of benzene rings is 3. The molecule has 5 rings (SSSR count). The zero-order valence-corrected chi connectivity index (χ0v) is 17.2. The number of para-hydroxylation sites is 1. The molecule has 1 aliphatic rings. The standard InChI is InChI=1S/C24H21ClN4O/c25-18-7-6-10-20(17-18)27-13-15-28(16-14-27)24(30)23-21-11-4-5-12-22(21)26-29(23)19-8-2-1-3-9-19/h1-12,17H,13-16H2. The lowest BCUT2D eigenvalue weighted by Gasteiger charge is -2.36. The second-order valence-electron chi connectivity index (χ2n) is 7.37. The quantitative estimate of drug-likeness (QED) is 0.488. The summed E-state index contributed by atoms with van der Waals surface area (Å²) in [5, 5.41) is 6.32. The number of carbonyl (C=O) groups is 1. The number of fused-ring (bicyclic) bond motifs is 1. The van der Waals surface area contributed by atoms with Crippen molar-refractivity contribution < 1.29 is 4.79 Å². The maximum atomic E-state index is 13.6. The van der Waals surface area contributed by atoms with Crippen LogP contribution in [-0.4, -0.2) is 46.8 Å². The van der Waals surface area contributed by atoms with Gasteiger partial charge in [0.05, 0.1) is 11.2 Å². The summed E-state index contributed by atoms with van der Waals surface area (Å²) < 4.78 is 1.77. The third-order valence-electron chi connectivity index (χ3n) is 5.52. The first-order valence-corrected chi connectivity index (χ1v) is 10.4. The molecular formula is C24H21ClN4O. The van der Waals surface area contributed by atoms with Crippen LogP contribution >= 0.6 is 11.6 Å². The minimum absolute atomic E-state index is 0.0123. The molecule has 0 spiro atoms. The van der Waals surface area contributed by atoms with E-state index in [0.717, 1.165) is 40.4 Å². The van der Waals surface area contributed by atoms with Gasteiger partial charge in [-0.25, -0.2) is 4.68 Å². The summed E-state index contributed by atoms with van der Waals surface area (Å²) in [5.41, 5.74) is 3.42. The molecule has 2 heterocycles. The molecule has 6 heteroatoms. The lowest BCUT2D eigenvalue weighted by Crippen LogP contribution is -2.49. The number of hydrogen-bond donors (Lipinski definition) is 0. The van der Waals surface area contributed by atoms with Crippen molar-refractivity contribution in [1.82, 2.24) is 14.7 Å². The average Bonchev–Trinajstić information content (AvgIpc) is 3.19. The number of aromatic nitrogens is 2. The lowest BCUT2D eigenvalue weighted by molar-refractivity contribution is 0.0739. The van der Waals surface area contributed by atoms with Gasteiger partial charge in [0.15, 0.2) is 0 Å². The zero-order valence-electron chi connectivity index (χ0n) is 16.4. The molecule has 1 aliphatic heterocycles. The van der Waals surface area contributed by atoms with Gasteiger partial charge in [0.25, 0.3) is 5.91 Å². The van der Waals surface area contributed by atoms with E-state index >= 15 is 0 Å². The van der Waals surface area contributed by atoms with E-state index in [1.54, 1.807) is 4.68 Å². The minimum atomic E-state index is 0.0123. The average molecular weight is 417 g/mol. The van der Waals surface area contributed by atoms with E-state index in [1.165, 1.54) is 0 Å². The molecular weight excluding hydrogens is 396 g/mol. The van der Waals surface area contributed by atoms with Crippen LogP contribution in [0.25, 0.3) is 16.6 Å². The Labute approximate surface area is 180 Å². The van der Waals surface area contributed by atoms with Gasteiger partial charge < -0.3 is 9.80 Å². The Hall–Kier alpha value is -3.31. The largest absolute Gasteiger partial charge is 0.368 e. The number of carbonyl (C=O) groups excluding carboxylic acids is 1. The van der Waals surface area contributed by atoms with Gasteiger partial charge in [-0.05, 0) is 36.4 Å². The topological polar surface area (TPSA) is 41.4 Å². The molecule has 0 atom stereocenters. The summed E-state index contributed by atoms with van der Waals surface area (Å²) in [6.07, 6.45) is 0. The predicted molar refractivity (Wildman–Crippen MR) is 121 cm³/mol. The van der Waals surface area contributed by atoms with Gasteiger partial charge in [0.2, 0.25) is 0 Å². The first kappa shape index (κ1) is 18.7. The van der Waals surface area contributed by atoms with Crippen LogP contribution in [0.15, 0.2) is 78.9 Å². The first-order chi connectivity index (χ1) is 14.7. The number of piperazine rings is 1. The monoisotopic (exact) mass is 416 g/mol. The molecule has 1 amide bonds. The summed E-state index contributed by atoms with van der Waals surface area (Å²) in [5.74, 6) is 0.0123. The highest BCUT2D eigenvalue weighted by atomic mass is 35.5. The number of nitrogens with zero attached hydrogens (tertiary/aromatic N) is 4. The van der Waals surface area contributed by atoms with Crippen molar-refractivity contribution in [1.29, 1.82) is 0 Å². The zero-order chi connectivity index (χ0) is 20.5. The maximum Gasteiger partial charge on any atom is 0.273 e. The first-order valence-electron chi connectivity index (χ1n) is 10.0. The van der Waals surface area contributed by atoms with E-state index in [0.29, 0.717) is 18.8 Å². The third kappa shape index (κ3) is 3.42. The Morgan fingerprint density at radius 1 is 0.800 bits per heavy atom. The van der Waals surface area contributed by atoms with Crippen LogP contribution in [0.5, 0.6) is 0 Å². The SMILES string of the molecule is O=C(c1c2ccccc2nn1-c1ccccc1)N1CCN(c2cccc(Cl)c2)CC1. The Morgan fingerprint density at radius 3 is 2.27 bits per heavy atom. The molecule has 0 N–H and O–H groups in total. The molecule has 0 bridgehead atoms. The normalized spacial score (nSPS) is 14.3. The second-order valence-corrected chi connectivity index (χ2v) is 7.81. The van der Waals surface area contributed by atoms with Crippen LogP contribution in [0.2, 0.25) is 5.02 Å². The van der Waals surface area contributed by atoms with Crippen LogP contribution in [0.4, 0.5) is 5.69 Å². The molecule has 0 saturated carbocycles.